The number of hydrogen-bond acceptors (Lipinski definition) is 8. The number of pyridine rings is 1. The molecule has 46 heavy (non-hydrogen) atoms. The number of aliphatic hydroxyl groups excluding tert-OH is 1. The number of ether oxygens (including phenoxy) is 3. The minimum absolute atomic E-state index is 0.00108. The minimum atomic E-state index is -6.03. The Morgan fingerprint density at radius 1 is 1.00 bits per heavy atom. The molecule has 3 N–H and O–H groups in total. The number of nitrogens with one attached hydrogen (secondary N) is 1. The summed E-state index contributed by atoms with van der Waals surface area (Å²) in [7, 11) is 0. The van der Waals surface area contributed by atoms with Crippen LogP contribution in [0.25, 0.3) is 0 Å². The fourth-order valence-corrected chi connectivity index (χ4v) is 5.63. The molecule has 0 aliphatic carbocycles. The van der Waals surface area contributed by atoms with E-state index >= 15 is 0 Å². The number of alkyl halides is 6. The molecule has 2 aromatic carbocycles. The van der Waals surface area contributed by atoms with Crippen molar-refractivity contribution < 1.29 is 55.6 Å². The zero-order valence-corrected chi connectivity index (χ0v) is 24.7. The van der Waals surface area contributed by atoms with E-state index in [2.05, 4.69) is 10.3 Å². The maximum Gasteiger partial charge on any atom is 0.430 e. The second-order valence-corrected chi connectivity index (χ2v) is 11.0. The summed E-state index contributed by atoms with van der Waals surface area (Å²) in [4.78, 5) is 19.1. The summed E-state index contributed by atoms with van der Waals surface area (Å²) < 4.78 is 97.9. The quantitative estimate of drug-likeness (QED) is 0.262. The largest absolute Gasteiger partial charge is 0.486 e. The summed E-state index contributed by atoms with van der Waals surface area (Å²) in [6.45, 7) is 4.10. The van der Waals surface area contributed by atoms with Crippen LogP contribution in [0.3, 0.4) is 0 Å². The van der Waals surface area contributed by atoms with Crippen LogP contribution in [-0.2, 0) is 28.9 Å². The summed E-state index contributed by atoms with van der Waals surface area (Å²) in [5.74, 6) is 0.629. The van der Waals surface area contributed by atoms with Crippen LogP contribution in [0.2, 0.25) is 0 Å². The average Bonchev–Trinajstić information content (AvgIpc) is 3.25. The van der Waals surface area contributed by atoms with E-state index in [1.807, 2.05) is 0 Å². The number of nitrogens with zero attached hydrogens (tertiary/aromatic N) is 2. The second kappa shape index (κ2) is 12.3. The van der Waals surface area contributed by atoms with Crippen LogP contribution < -0.4 is 19.5 Å². The van der Waals surface area contributed by atoms with Gasteiger partial charge in [-0.15, -0.1) is 0 Å². The van der Waals surface area contributed by atoms with Gasteiger partial charge in [-0.05, 0) is 59.9 Å². The van der Waals surface area contributed by atoms with Crippen molar-refractivity contribution in [2.45, 2.75) is 69.5 Å². The summed E-state index contributed by atoms with van der Waals surface area (Å²) in [6, 6.07) is 8.66. The van der Waals surface area contributed by atoms with Crippen LogP contribution in [0.15, 0.2) is 54.9 Å². The standard InChI is InChI=1S/C31H31F6N3O6/c1-3-5-19-13-21(29(43,30(32,33)34)31(35,36)37)7-8-23(19)46-22-12-18(15-38-16-22)17-40-26(41)28(4-2,39-27(40)42)20-6-9-24-25(14-20)45-11-10-44-24/h6-9,12-16,27,39,42-43H,3-5,10-11,17H2,1-2H3. The van der Waals surface area contributed by atoms with Crippen molar-refractivity contribution in [2.24, 2.45) is 0 Å². The van der Waals surface area contributed by atoms with Crippen molar-refractivity contribution in [3.05, 3.63) is 77.1 Å². The highest BCUT2D eigenvalue weighted by Crippen LogP contribution is 2.51. The number of aromatic nitrogens is 1. The Bertz CT molecular complexity index is 1590. The molecule has 2 aliphatic rings. The maximum absolute atomic E-state index is 13.8. The molecule has 248 valence electrons. The fraction of sp³-hybridized carbons (Fsp3) is 0.419. The minimum Gasteiger partial charge on any atom is -0.486 e. The first-order chi connectivity index (χ1) is 21.6. The van der Waals surface area contributed by atoms with Crippen LogP contribution in [0.1, 0.15) is 48.9 Å². The lowest BCUT2D eigenvalue weighted by Crippen LogP contribution is -2.53. The summed E-state index contributed by atoms with van der Waals surface area (Å²) >= 11 is 0. The SMILES string of the molecule is CCCc1cc(C(O)(C(F)(F)F)C(F)(F)F)ccc1Oc1cncc(CN2C(=O)C(CC)(c3ccc4c(c3)OCCO4)NC2O)c1. The van der Waals surface area contributed by atoms with Crippen LogP contribution in [0.4, 0.5) is 26.3 Å². The molecule has 1 fully saturated rings. The lowest BCUT2D eigenvalue weighted by atomic mass is 9.86. The smallest absolute Gasteiger partial charge is 0.430 e. The summed E-state index contributed by atoms with van der Waals surface area (Å²) in [6.07, 6.45) is -10.1. The molecule has 3 aromatic rings. The molecule has 3 heterocycles. The van der Waals surface area contributed by atoms with Gasteiger partial charge in [0.2, 0.25) is 0 Å². The van der Waals surface area contributed by atoms with Gasteiger partial charge in [0.15, 0.2) is 17.9 Å². The number of hydrogen-bond donors (Lipinski definition) is 3. The van der Waals surface area contributed by atoms with Crippen LogP contribution in [0.5, 0.6) is 23.0 Å². The highest BCUT2D eigenvalue weighted by molar-refractivity contribution is 5.90. The Hall–Kier alpha value is -4.08. The predicted molar refractivity (Wildman–Crippen MR) is 150 cm³/mol. The molecule has 0 spiro atoms. The first kappa shape index (κ1) is 33.3. The molecule has 0 bridgehead atoms. The van der Waals surface area contributed by atoms with Gasteiger partial charge < -0.3 is 24.4 Å². The molecule has 0 saturated carbocycles. The summed E-state index contributed by atoms with van der Waals surface area (Å²) in [5, 5.41) is 23.7. The Morgan fingerprint density at radius 3 is 2.35 bits per heavy atom. The van der Waals surface area contributed by atoms with Gasteiger partial charge in [0.25, 0.3) is 11.5 Å². The molecule has 0 radical (unpaired) electrons. The third-order valence-electron chi connectivity index (χ3n) is 8.03. The molecular formula is C31H31F6N3O6. The van der Waals surface area contributed by atoms with E-state index in [0.29, 0.717) is 54.4 Å². The first-order valence-electron chi connectivity index (χ1n) is 14.4. The number of aryl methyl sites for hydroxylation is 1. The molecular weight excluding hydrogens is 624 g/mol. The highest BCUT2D eigenvalue weighted by Gasteiger charge is 2.71. The molecule has 9 nitrogen and oxygen atoms in total. The number of halogens is 6. The maximum atomic E-state index is 13.8. The first-order valence-corrected chi connectivity index (χ1v) is 14.4. The van der Waals surface area contributed by atoms with Gasteiger partial charge in [0.05, 0.1) is 12.7 Å². The molecule has 2 unspecified atom stereocenters. The fourth-order valence-electron chi connectivity index (χ4n) is 5.63. The Balaban J connectivity index is 1.39. The Morgan fingerprint density at radius 2 is 1.70 bits per heavy atom. The van der Waals surface area contributed by atoms with Gasteiger partial charge >= 0.3 is 12.4 Å². The van der Waals surface area contributed by atoms with E-state index in [4.69, 9.17) is 14.2 Å². The topological polar surface area (TPSA) is 113 Å². The molecule has 2 atom stereocenters. The van der Waals surface area contributed by atoms with E-state index < -0.39 is 41.3 Å². The lowest BCUT2D eigenvalue weighted by molar-refractivity contribution is -0.376. The summed E-state index contributed by atoms with van der Waals surface area (Å²) in [5.41, 5.74) is -6.76. The van der Waals surface area contributed by atoms with E-state index in [-0.39, 0.29) is 36.4 Å². The highest BCUT2D eigenvalue weighted by atomic mass is 19.4. The third-order valence-corrected chi connectivity index (χ3v) is 8.03. The molecule has 2 aliphatic heterocycles. The van der Waals surface area contributed by atoms with Crippen molar-refractivity contribution in [1.82, 2.24) is 15.2 Å². The van der Waals surface area contributed by atoms with Crippen LogP contribution in [0, 0.1) is 0 Å². The zero-order valence-electron chi connectivity index (χ0n) is 24.7. The van der Waals surface area contributed by atoms with E-state index in [9.17, 15) is 41.4 Å². The zero-order chi connectivity index (χ0) is 33.5. The molecule has 1 amide bonds. The van der Waals surface area contributed by atoms with Crippen LogP contribution >= 0.6 is 0 Å². The van der Waals surface area contributed by atoms with Gasteiger partial charge in [0, 0.05) is 11.8 Å². The number of fused-ring (bicyclic) bond motifs is 1. The van der Waals surface area contributed by atoms with Crippen molar-refractivity contribution in [2.75, 3.05) is 13.2 Å². The van der Waals surface area contributed by atoms with Gasteiger partial charge in [-0.1, -0.05) is 32.4 Å². The molecule has 1 aromatic heterocycles. The van der Waals surface area contributed by atoms with Crippen molar-refractivity contribution in [3.63, 3.8) is 0 Å². The normalized spacial score (nSPS) is 20.3. The van der Waals surface area contributed by atoms with E-state index in [1.54, 1.807) is 32.0 Å². The molecule has 5 rings (SSSR count). The number of carbonyl (C=O) groups is 1. The Kier molecular flexibility index (Phi) is 8.87. The van der Waals surface area contributed by atoms with Crippen molar-refractivity contribution >= 4 is 5.91 Å². The number of benzene rings is 2. The lowest BCUT2D eigenvalue weighted by Gasteiger charge is -2.33. The van der Waals surface area contributed by atoms with E-state index in [0.717, 1.165) is 6.07 Å². The van der Waals surface area contributed by atoms with E-state index in [1.165, 1.54) is 23.4 Å². The number of rotatable bonds is 9. The third kappa shape index (κ3) is 5.82. The second-order valence-electron chi connectivity index (χ2n) is 11.0. The van der Waals surface area contributed by atoms with Crippen molar-refractivity contribution in [1.29, 1.82) is 0 Å². The monoisotopic (exact) mass is 655 g/mol. The van der Waals surface area contributed by atoms with Crippen molar-refractivity contribution in [3.8, 4) is 23.0 Å². The van der Waals surface area contributed by atoms with Crippen LogP contribution in [-0.4, -0.2) is 57.9 Å². The molecule has 15 heteroatoms. The van der Waals surface area contributed by atoms with Gasteiger partial charge in [-0.3, -0.25) is 20.0 Å². The van der Waals surface area contributed by atoms with Gasteiger partial charge in [-0.25, -0.2) is 0 Å². The number of carbonyl (C=O) groups excluding carboxylic acids is 1. The van der Waals surface area contributed by atoms with Gasteiger partial charge in [0.1, 0.15) is 30.3 Å². The predicted octanol–water partition coefficient (Wildman–Crippen LogP) is 5.42. The van der Waals surface area contributed by atoms with Gasteiger partial charge in [-0.2, -0.15) is 26.3 Å². The molecule has 1 saturated heterocycles. The number of aliphatic hydroxyl groups is 2. The average molecular weight is 656 g/mol. The Labute approximate surface area is 259 Å². The number of amides is 1.